The Hall–Kier alpha value is -1.75. The fraction of sp³-hybridized carbons (Fsp3) is 0.176. The highest BCUT2D eigenvalue weighted by molar-refractivity contribution is 6.37. The van der Waals surface area contributed by atoms with Crippen LogP contribution in [0.4, 0.5) is 0 Å². The molecule has 7 heteroatoms. The van der Waals surface area contributed by atoms with E-state index < -0.39 is 0 Å². The highest BCUT2D eigenvalue weighted by Gasteiger charge is 2.17. The van der Waals surface area contributed by atoms with Crippen LogP contribution in [-0.4, -0.2) is 14.9 Å². The molecule has 0 aliphatic carbocycles. The van der Waals surface area contributed by atoms with Gasteiger partial charge in [0.25, 0.3) is 0 Å². The fourth-order valence-electron chi connectivity index (χ4n) is 2.77. The predicted octanol–water partition coefficient (Wildman–Crippen LogP) is 4.79. The van der Waals surface area contributed by atoms with Gasteiger partial charge in [0.2, 0.25) is 5.62 Å². The Balaban J connectivity index is 2.11. The lowest BCUT2D eigenvalue weighted by molar-refractivity contribution is 0.0971. The molecule has 0 aliphatic rings. The van der Waals surface area contributed by atoms with E-state index in [1.54, 1.807) is 33.4 Å². The summed E-state index contributed by atoms with van der Waals surface area (Å²) in [6.07, 6.45) is 0. The van der Waals surface area contributed by atoms with Crippen LogP contribution in [0, 0.1) is 5.41 Å². The van der Waals surface area contributed by atoms with Crippen molar-refractivity contribution >= 4 is 51.6 Å². The summed E-state index contributed by atoms with van der Waals surface area (Å²) in [4.78, 5) is 12.7. The minimum atomic E-state index is -0.190. The molecule has 2 aromatic carbocycles. The molecule has 0 fully saturated rings. The average Bonchev–Trinajstić information content (AvgIpc) is 2.80. The molecule has 0 saturated carbocycles. The van der Waals surface area contributed by atoms with Gasteiger partial charge in [-0.25, -0.2) is 0 Å². The van der Waals surface area contributed by atoms with E-state index in [9.17, 15) is 4.79 Å². The van der Waals surface area contributed by atoms with Crippen LogP contribution < -0.4 is 5.62 Å². The number of benzene rings is 2. The Bertz CT molecular complexity index is 1000. The van der Waals surface area contributed by atoms with Crippen molar-refractivity contribution in [3.63, 3.8) is 0 Å². The average molecular weight is 383 g/mol. The van der Waals surface area contributed by atoms with Gasteiger partial charge in [-0.05, 0) is 37.3 Å². The summed E-state index contributed by atoms with van der Waals surface area (Å²) in [5, 5.41) is 9.71. The largest absolute Gasteiger partial charge is 0.309 e. The van der Waals surface area contributed by atoms with Crippen molar-refractivity contribution in [3.8, 4) is 0 Å². The van der Waals surface area contributed by atoms with Crippen molar-refractivity contribution in [3.05, 3.63) is 62.6 Å². The zero-order valence-corrected chi connectivity index (χ0v) is 15.1. The van der Waals surface area contributed by atoms with Gasteiger partial charge in [0, 0.05) is 17.1 Å². The normalized spacial score (nSPS) is 11.2. The Morgan fingerprint density at radius 3 is 2.50 bits per heavy atom. The first-order valence-corrected chi connectivity index (χ1v) is 8.47. The molecule has 4 nitrogen and oxygen atoms in total. The number of nitrogens with zero attached hydrogens (tertiary/aromatic N) is 2. The molecular formula is C17H14Cl3N3O. The van der Waals surface area contributed by atoms with Crippen molar-refractivity contribution in [2.24, 2.45) is 0 Å². The molecular weight excluding hydrogens is 369 g/mol. The van der Waals surface area contributed by atoms with E-state index in [4.69, 9.17) is 40.2 Å². The van der Waals surface area contributed by atoms with Crippen LogP contribution >= 0.6 is 34.8 Å². The molecule has 0 bridgehead atoms. The number of fused-ring (bicyclic) bond motifs is 1. The van der Waals surface area contributed by atoms with Gasteiger partial charge in [-0.3, -0.25) is 10.2 Å². The van der Waals surface area contributed by atoms with E-state index in [-0.39, 0.29) is 17.9 Å². The Kier molecular flexibility index (Phi) is 4.72. The quantitative estimate of drug-likeness (QED) is 0.648. The predicted molar refractivity (Wildman–Crippen MR) is 97.3 cm³/mol. The van der Waals surface area contributed by atoms with E-state index in [0.29, 0.717) is 27.2 Å². The number of nitrogens with one attached hydrogen (secondary N) is 1. The third-order valence-electron chi connectivity index (χ3n) is 3.89. The lowest BCUT2D eigenvalue weighted by atomic mass is 10.1. The third kappa shape index (κ3) is 2.86. The first kappa shape index (κ1) is 17.1. The first-order chi connectivity index (χ1) is 11.4. The Morgan fingerprint density at radius 2 is 1.83 bits per heavy atom. The maximum atomic E-state index is 12.7. The van der Waals surface area contributed by atoms with Gasteiger partial charge in [0.05, 0.1) is 27.6 Å². The topological polar surface area (TPSA) is 50.8 Å². The van der Waals surface area contributed by atoms with E-state index >= 15 is 0 Å². The molecule has 0 radical (unpaired) electrons. The number of carbonyl (C=O) groups is 1. The van der Waals surface area contributed by atoms with Crippen molar-refractivity contribution in [1.82, 2.24) is 9.13 Å². The van der Waals surface area contributed by atoms with Crippen LogP contribution in [0.3, 0.4) is 0 Å². The zero-order valence-electron chi connectivity index (χ0n) is 12.8. The Labute approximate surface area is 153 Å². The number of para-hydroxylation sites is 1. The number of Topliss-reactive ketones (excluding diaryl/α,β-unsaturated/α-hetero) is 1. The van der Waals surface area contributed by atoms with Crippen LogP contribution in [0.25, 0.3) is 11.0 Å². The molecule has 1 N–H and O–H groups in total. The molecule has 0 spiro atoms. The highest BCUT2D eigenvalue weighted by atomic mass is 35.5. The standard InChI is InChI=1S/C17H14Cl3N3O/c1-2-22-16-12(19)4-3-5-14(16)23(17(22)21)9-15(24)11-7-6-10(18)8-13(11)20/h3-8,21H,2,9H2,1H3. The van der Waals surface area contributed by atoms with Crippen LogP contribution in [0.15, 0.2) is 36.4 Å². The summed E-state index contributed by atoms with van der Waals surface area (Å²) in [5.74, 6) is -0.190. The summed E-state index contributed by atoms with van der Waals surface area (Å²) >= 11 is 18.3. The van der Waals surface area contributed by atoms with Crippen molar-refractivity contribution in [2.75, 3.05) is 0 Å². The molecule has 0 saturated heterocycles. The first-order valence-electron chi connectivity index (χ1n) is 7.34. The number of carbonyl (C=O) groups excluding carboxylic acids is 1. The molecule has 3 aromatic rings. The summed E-state index contributed by atoms with van der Waals surface area (Å²) in [6, 6.07) is 10.2. The number of rotatable bonds is 4. The maximum absolute atomic E-state index is 12.7. The Morgan fingerprint density at radius 1 is 1.08 bits per heavy atom. The monoisotopic (exact) mass is 381 g/mol. The van der Waals surface area contributed by atoms with Crippen LogP contribution in [0.2, 0.25) is 15.1 Å². The lowest BCUT2D eigenvalue weighted by Gasteiger charge is -2.06. The number of aryl methyl sites for hydroxylation is 1. The molecule has 3 rings (SSSR count). The number of hydrogen-bond acceptors (Lipinski definition) is 2. The molecule has 1 aromatic heterocycles. The summed E-state index contributed by atoms with van der Waals surface area (Å²) in [7, 11) is 0. The third-order valence-corrected chi connectivity index (χ3v) is 4.74. The van der Waals surface area contributed by atoms with Crippen LogP contribution in [-0.2, 0) is 13.1 Å². The SMILES string of the molecule is CCn1c(=N)n(CC(=O)c2ccc(Cl)cc2Cl)c2cccc(Cl)c21. The molecule has 24 heavy (non-hydrogen) atoms. The number of imidazole rings is 1. The minimum Gasteiger partial charge on any atom is -0.309 e. The summed E-state index contributed by atoms with van der Waals surface area (Å²) in [6.45, 7) is 2.52. The van der Waals surface area contributed by atoms with Crippen molar-refractivity contribution in [1.29, 1.82) is 5.41 Å². The van der Waals surface area contributed by atoms with Gasteiger partial charge in [0.15, 0.2) is 5.78 Å². The van der Waals surface area contributed by atoms with Gasteiger partial charge < -0.3 is 9.13 Å². The van der Waals surface area contributed by atoms with Gasteiger partial charge >= 0.3 is 0 Å². The number of hydrogen-bond donors (Lipinski definition) is 1. The number of halogens is 3. The van der Waals surface area contributed by atoms with Gasteiger partial charge in [-0.15, -0.1) is 0 Å². The van der Waals surface area contributed by atoms with E-state index in [1.807, 2.05) is 13.0 Å². The zero-order chi connectivity index (χ0) is 17.4. The molecule has 0 amide bonds. The van der Waals surface area contributed by atoms with Crippen molar-refractivity contribution < 1.29 is 4.79 Å². The fourth-order valence-corrected chi connectivity index (χ4v) is 3.55. The summed E-state index contributed by atoms with van der Waals surface area (Å²) in [5.41, 5.74) is 2.10. The maximum Gasteiger partial charge on any atom is 0.203 e. The smallest absolute Gasteiger partial charge is 0.203 e. The highest BCUT2D eigenvalue weighted by Crippen LogP contribution is 2.24. The van der Waals surface area contributed by atoms with E-state index in [0.717, 1.165) is 11.0 Å². The molecule has 1 heterocycles. The van der Waals surface area contributed by atoms with Crippen LogP contribution in [0.1, 0.15) is 17.3 Å². The summed E-state index contributed by atoms with van der Waals surface area (Å²) < 4.78 is 3.41. The van der Waals surface area contributed by atoms with Gasteiger partial charge in [0.1, 0.15) is 0 Å². The van der Waals surface area contributed by atoms with Crippen molar-refractivity contribution in [2.45, 2.75) is 20.0 Å². The van der Waals surface area contributed by atoms with E-state index in [2.05, 4.69) is 0 Å². The molecule has 0 aliphatic heterocycles. The number of ketones is 1. The molecule has 0 atom stereocenters. The van der Waals surface area contributed by atoms with Gasteiger partial charge in [-0.1, -0.05) is 40.9 Å². The van der Waals surface area contributed by atoms with Crippen LogP contribution in [0.5, 0.6) is 0 Å². The molecule has 0 unspecified atom stereocenters. The molecule has 124 valence electrons. The second-order valence-electron chi connectivity index (χ2n) is 5.31. The second-order valence-corrected chi connectivity index (χ2v) is 6.56. The van der Waals surface area contributed by atoms with Gasteiger partial charge in [-0.2, -0.15) is 0 Å². The number of aromatic nitrogens is 2. The lowest BCUT2D eigenvalue weighted by Crippen LogP contribution is -2.27. The second kappa shape index (κ2) is 6.63. The minimum absolute atomic E-state index is 0.00400. The van der Waals surface area contributed by atoms with E-state index in [1.165, 1.54) is 6.07 Å².